The molecule has 2 aromatic carbocycles. The Balaban J connectivity index is 1.75. The zero-order valence-electron chi connectivity index (χ0n) is 17.5. The Hall–Kier alpha value is -3.42. The molecule has 0 aliphatic carbocycles. The molecule has 0 bridgehead atoms. The van der Waals surface area contributed by atoms with E-state index in [1.54, 1.807) is 37.4 Å². The van der Waals surface area contributed by atoms with Crippen LogP contribution in [0.15, 0.2) is 42.5 Å². The molecule has 162 valence electrons. The largest absolute Gasteiger partial charge is 0.497 e. The highest BCUT2D eigenvalue weighted by Crippen LogP contribution is 2.28. The number of carbonyl (C=O) groups is 2. The fourth-order valence-corrected chi connectivity index (χ4v) is 2.57. The number of ether oxygens (including phenoxy) is 4. The standard InChI is InChI=1S/C22H28N2O6/c1-4-28-19-10-9-16(13-20(19)29-5-2)22(26)24-15-21(25)23-11-12-30-18-8-6-7-17(14-18)27-3/h6-10,13-14H,4-5,11-12,15H2,1-3H3,(H,23,25)(H,24,26). The second kappa shape index (κ2) is 12.2. The van der Waals surface area contributed by atoms with Gasteiger partial charge in [0.05, 0.1) is 33.4 Å². The summed E-state index contributed by atoms with van der Waals surface area (Å²) >= 11 is 0. The maximum absolute atomic E-state index is 12.3. The topological polar surface area (TPSA) is 95.1 Å². The zero-order chi connectivity index (χ0) is 21.8. The lowest BCUT2D eigenvalue weighted by Crippen LogP contribution is -2.38. The molecule has 30 heavy (non-hydrogen) atoms. The van der Waals surface area contributed by atoms with Crippen LogP contribution in [0.5, 0.6) is 23.0 Å². The van der Waals surface area contributed by atoms with E-state index in [2.05, 4.69) is 10.6 Å². The van der Waals surface area contributed by atoms with Crippen LogP contribution >= 0.6 is 0 Å². The molecular formula is C22H28N2O6. The van der Waals surface area contributed by atoms with Crippen LogP contribution in [-0.2, 0) is 4.79 Å². The number of methoxy groups -OCH3 is 1. The molecule has 0 atom stereocenters. The van der Waals surface area contributed by atoms with Gasteiger partial charge in [0, 0.05) is 11.6 Å². The molecule has 2 rings (SSSR count). The Labute approximate surface area is 176 Å². The van der Waals surface area contributed by atoms with Crippen LogP contribution in [0.2, 0.25) is 0 Å². The summed E-state index contributed by atoms with van der Waals surface area (Å²) in [6, 6.07) is 12.1. The Morgan fingerprint density at radius 1 is 0.867 bits per heavy atom. The van der Waals surface area contributed by atoms with Crippen LogP contribution in [0.1, 0.15) is 24.2 Å². The van der Waals surface area contributed by atoms with Crippen LogP contribution in [0.3, 0.4) is 0 Å². The van der Waals surface area contributed by atoms with E-state index in [0.29, 0.717) is 54.9 Å². The minimum absolute atomic E-state index is 0.144. The number of nitrogens with one attached hydrogen (secondary N) is 2. The molecule has 0 aromatic heterocycles. The molecule has 0 fully saturated rings. The molecule has 0 spiro atoms. The average molecular weight is 416 g/mol. The van der Waals surface area contributed by atoms with E-state index in [9.17, 15) is 9.59 Å². The second-order valence-electron chi connectivity index (χ2n) is 6.09. The Kier molecular flexibility index (Phi) is 9.30. The molecule has 0 aliphatic rings. The van der Waals surface area contributed by atoms with Crippen molar-refractivity contribution in [3.8, 4) is 23.0 Å². The number of rotatable bonds is 12. The van der Waals surface area contributed by atoms with Crippen LogP contribution in [0.4, 0.5) is 0 Å². The van der Waals surface area contributed by atoms with E-state index >= 15 is 0 Å². The summed E-state index contributed by atoms with van der Waals surface area (Å²) in [7, 11) is 1.58. The van der Waals surface area contributed by atoms with Crippen molar-refractivity contribution in [1.82, 2.24) is 10.6 Å². The summed E-state index contributed by atoms with van der Waals surface area (Å²) in [5.74, 6) is 1.73. The summed E-state index contributed by atoms with van der Waals surface area (Å²) in [5, 5.41) is 5.28. The predicted molar refractivity (Wildman–Crippen MR) is 113 cm³/mol. The van der Waals surface area contributed by atoms with Gasteiger partial charge in [-0.15, -0.1) is 0 Å². The third-order valence-corrected chi connectivity index (χ3v) is 3.95. The van der Waals surface area contributed by atoms with Crippen LogP contribution in [0, 0.1) is 0 Å². The van der Waals surface area contributed by atoms with Crippen molar-refractivity contribution in [1.29, 1.82) is 0 Å². The fraction of sp³-hybridized carbons (Fsp3) is 0.364. The first kappa shape index (κ1) is 22.9. The summed E-state index contributed by atoms with van der Waals surface area (Å²) in [6.07, 6.45) is 0. The maximum Gasteiger partial charge on any atom is 0.251 e. The molecule has 0 saturated carbocycles. The van der Waals surface area contributed by atoms with Gasteiger partial charge >= 0.3 is 0 Å². The number of hydrogen-bond acceptors (Lipinski definition) is 6. The normalized spacial score (nSPS) is 10.1. The van der Waals surface area contributed by atoms with E-state index < -0.39 is 0 Å². The highest BCUT2D eigenvalue weighted by molar-refractivity contribution is 5.97. The fourth-order valence-electron chi connectivity index (χ4n) is 2.57. The molecule has 0 heterocycles. The first-order valence-corrected chi connectivity index (χ1v) is 9.78. The predicted octanol–water partition coefficient (Wildman–Crippen LogP) is 2.42. The maximum atomic E-state index is 12.3. The van der Waals surface area contributed by atoms with E-state index in [1.165, 1.54) is 0 Å². The summed E-state index contributed by atoms with van der Waals surface area (Å²) in [4.78, 5) is 24.3. The van der Waals surface area contributed by atoms with E-state index in [4.69, 9.17) is 18.9 Å². The summed E-state index contributed by atoms with van der Waals surface area (Å²) in [6.45, 7) is 5.13. The van der Waals surface area contributed by atoms with Gasteiger partial charge in [-0.1, -0.05) is 6.07 Å². The van der Waals surface area contributed by atoms with Gasteiger partial charge in [-0.3, -0.25) is 9.59 Å². The molecular weight excluding hydrogens is 388 g/mol. The molecule has 2 aromatic rings. The van der Waals surface area contributed by atoms with Gasteiger partial charge in [0.15, 0.2) is 11.5 Å². The highest BCUT2D eigenvalue weighted by Gasteiger charge is 2.12. The van der Waals surface area contributed by atoms with Crippen LogP contribution in [0.25, 0.3) is 0 Å². The number of benzene rings is 2. The number of hydrogen-bond donors (Lipinski definition) is 2. The third-order valence-electron chi connectivity index (χ3n) is 3.95. The molecule has 0 unspecified atom stereocenters. The lowest BCUT2D eigenvalue weighted by molar-refractivity contribution is -0.120. The van der Waals surface area contributed by atoms with Crippen molar-refractivity contribution in [2.75, 3.05) is 40.0 Å². The lowest BCUT2D eigenvalue weighted by Gasteiger charge is -2.12. The molecule has 8 heteroatoms. The zero-order valence-corrected chi connectivity index (χ0v) is 17.5. The first-order valence-electron chi connectivity index (χ1n) is 9.78. The van der Waals surface area contributed by atoms with E-state index in [1.807, 2.05) is 26.0 Å². The van der Waals surface area contributed by atoms with Crippen molar-refractivity contribution < 1.29 is 28.5 Å². The van der Waals surface area contributed by atoms with E-state index in [0.717, 1.165) is 0 Å². The van der Waals surface area contributed by atoms with Gasteiger partial charge in [-0.25, -0.2) is 0 Å². The van der Waals surface area contributed by atoms with Crippen molar-refractivity contribution >= 4 is 11.8 Å². The smallest absolute Gasteiger partial charge is 0.251 e. The Morgan fingerprint density at radius 2 is 1.60 bits per heavy atom. The molecule has 0 radical (unpaired) electrons. The third kappa shape index (κ3) is 7.20. The van der Waals surface area contributed by atoms with Crippen molar-refractivity contribution in [2.24, 2.45) is 0 Å². The van der Waals surface area contributed by atoms with Crippen molar-refractivity contribution in [2.45, 2.75) is 13.8 Å². The van der Waals surface area contributed by atoms with Gasteiger partial charge in [0.2, 0.25) is 5.91 Å². The minimum Gasteiger partial charge on any atom is -0.497 e. The molecule has 2 amide bonds. The summed E-state index contributed by atoms with van der Waals surface area (Å²) < 4.78 is 21.7. The molecule has 2 N–H and O–H groups in total. The number of amides is 2. The first-order chi connectivity index (χ1) is 14.6. The highest BCUT2D eigenvalue weighted by atomic mass is 16.5. The SMILES string of the molecule is CCOc1ccc(C(=O)NCC(=O)NCCOc2cccc(OC)c2)cc1OCC. The molecule has 0 aliphatic heterocycles. The van der Waals surface area contributed by atoms with Gasteiger partial charge in [0.1, 0.15) is 18.1 Å². The van der Waals surface area contributed by atoms with Crippen molar-refractivity contribution in [3.05, 3.63) is 48.0 Å². The quantitative estimate of drug-likeness (QED) is 0.516. The number of carbonyl (C=O) groups excluding carboxylic acids is 2. The summed E-state index contributed by atoms with van der Waals surface area (Å²) in [5.41, 5.74) is 0.385. The average Bonchev–Trinajstić information content (AvgIpc) is 2.76. The molecule has 8 nitrogen and oxygen atoms in total. The van der Waals surface area contributed by atoms with Crippen molar-refractivity contribution in [3.63, 3.8) is 0 Å². The lowest BCUT2D eigenvalue weighted by atomic mass is 10.2. The van der Waals surface area contributed by atoms with Gasteiger partial charge in [0.25, 0.3) is 5.91 Å². The van der Waals surface area contributed by atoms with Crippen LogP contribution < -0.4 is 29.6 Å². The molecule has 0 saturated heterocycles. The Bertz CT molecular complexity index is 840. The minimum atomic E-state index is -0.373. The van der Waals surface area contributed by atoms with Crippen LogP contribution in [-0.4, -0.2) is 51.8 Å². The van der Waals surface area contributed by atoms with Gasteiger partial charge in [-0.2, -0.15) is 0 Å². The monoisotopic (exact) mass is 416 g/mol. The Morgan fingerprint density at radius 3 is 2.33 bits per heavy atom. The van der Waals surface area contributed by atoms with Gasteiger partial charge < -0.3 is 29.6 Å². The van der Waals surface area contributed by atoms with E-state index in [-0.39, 0.29) is 18.4 Å². The second-order valence-corrected chi connectivity index (χ2v) is 6.09. The van der Waals surface area contributed by atoms with Gasteiger partial charge in [-0.05, 0) is 44.2 Å².